The van der Waals surface area contributed by atoms with Gasteiger partial charge in [0.05, 0.1) is 6.16 Å². The number of rotatable bonds is 5. The summed E-state index contributed by atoms with van der Waals surface area (Å²) < 4.78 is 27.7. The Hall–Kier alpha value is -1.60. The predicted octanol–water partition coefficient (Wildman–Crippen LogP) is 2.74. The molecule has 1 unspecified atom stereocenters. The number of carbonyl (C=O) groups is 1. The Kier molecular flexibility index (Phi) is 4.33. The van der Waals surface area contributed by atoms with E-state index in [0.29, 0.717) is 16.4 Å². The van der Waals surface area contributed by atoms with Crippen LogP contribution in [-0.4, -0.2) is 34.8 Å². The summed E-state index contributed by atoms with van der Waals surface area (Å²) in [7, 11) is -4.17. The summed E-state index contributed by atoms with van der Waals surface area (Å²) in [6.07, 6.45) is -0.0316. The van der Waals surface area contributed by atoms with Gasteiger partial charge in [-0.15, -0.1) is 11.3 Å². The van der Waals surface area contributed by atoms with Gasteiger partial charge in [-0.3, -0.25) is 4.57 Å². The Morgan fingerprint density at radius 2 is 2.00 bits per heavy atom. The highest BCUT2D eigenvalue weighted by Gasteiger charge is 2.24. The minimum Gasteiger partial charge on any atom is -0.461 e. The van der Waals surface area contributed by atoms with Crippen molar-refractivity contribution in [3.63, 3.8) is 0 Å². The number of ether oxygens (including phenoxy) is 3. The molecule has 2 heterocycles. The molecule has 0 amide bonds. The summed E-state index contributed by atoms with van der Waals surface area (Å²) in [6.45, 7) is 1.64. The minimum atomic E-state index is -4.17. The first kappa shape index (κ1) is 16.3. The molecule has 0 spiro atoms. The van der Waals surface area contributed by atoms with Crippen LogP contribution in [0.15, 0.2) is 18.2 Å². The number of esters is 1. The molecule has 3 rings (SSSR count). The normalized spacial score (nSPS) is 16.7. The molecule has 0 bridgehead atoms. The van der Waals surface area contributed by atoms with Crippen LogP contribution in [0.1, 0.15) is 23.0 Å². The zero-order valence-electron chi connectivity index (χ0n) is 12.2. The lowest BCUT2D eigenvalue weighted by molar-refractivity contribution is 0.0464. The number of hydrogen-bond acceptors (Lipinski definition) is 6. The van der Waals surface area contributed by atoms with Gasteiger partial charge in [-0.05, 0) is 17.5 Å². The van der Waals surface area contributed by atoms with Crippen LogP contribution < -0.4 is 9.47 Å². The Morgan fingerprint density at radius 1 is 1.30 bits per heavy atom. The van der Waals surface area contributed by atoms with Crippen molar-refractivity contribution in [3.8, 4) is 11.5 Å². The SMILES string of the molecule is CCC1Oc2cc3cc(C(=O)OCCP(=O)(O)O)sc3cc2O1. The lowest BCUT2D eigenvalue weighted by Crippen LogP contribution is -2.15. The molecule has 2 N–H and O–H groups in total. The van der Waals surface area contributed by atoms with Crippen LogP contribution >= 0.6 is 18.9 Å². The highest BCUT2D eigenvalue weighted by molar-refractivity contribution is 7.51. The lowest BCUT2D eigenvalue weighted by Gasteiger charge is -2.05. The Balaban J connectivity index is 1.74. The molecule has 2 aromatic rings. The van der Waals surface area contributed by atoms with Gasteiger partial charge in [0.2, 0.25) is 6.29 Å². The van der Waals surface area contributed by atoms with Crippen molar-refractivity contribution in [2.24, 2.45) is 0 Å². The van der Waals surface area contributed by atoms with E-state index in [1.807, 2.05) is 19.1 Å². The maximum atomic E-state index is 11.9. The topological polar surface area (TPSA) is 102 Å². The minimum absolute atomic E-state index is 0.279. The lowest BCUT2D eigenvalue weighted by atomic mass is 10.2. The maximum Gasteiger partial charge on any atom is 0.348 e. The van der Waals surface area contributed by atoms with Crippen LogP contribution in [-0.2, 0) is 9.30 Å². The van der Waals surface area contributed by atoms with E-state index in [1.54, 1.807) is 6.07 Å². The van der Waals surface area contributed by atoms with Crippen LogP contribution in [0.5, 0.6) is 11.5 Å². The Labute approximate surface area is 135 Å². The molecule has 0 aliphatic carbocycles. The number of benzene rings is 1. The van der Waals surface area contributed by atoms with Crippen molar-refractivity contribution in [1.82, 2.24) is 0 Å². The number of carbonyl (C=O) groups excluding carboxylic acids is 1. The van der Waals surface area contributed by atoms with E-state index in [9.17, 15) is 9.36 Å². The molecule has 1 aromatic carbocycles. The largest absolute Gasteiger partial charge is 0.461 e. The molecule has 1 aliphatic rings. The van der Waals surface area contributed by atoms with Crippen molar-refractivity contribution in [1.29, 1.82) is 0 Å². The molecule has 0 saturated heterocycles. The van der Waals surface area contributed by atoms with E-state index in [4.69, 9.17) is 24.0 Å². The highest BCUT2D eigenvalue weighted by Crippen LogP contribution is 2.41. The van der Waals surface area contributed by atoms with Crippen LogP contribution in [0.4, 0.5) is 0 Å². The molecule has 1 aromatic heterocycles. The van der Waals surface area contributed by atoms with Gasteiger partial charge in [-0.1, -0.05) is 6.92 Å². The first-order valence-corrected chi connectivity index (χ1v) is 9.60. The van der Waals surface area contributed by atoms with E-state index in [2.05, 4.69) is 0 Å². The molecule has 1 aliphatic heterocycles. The Bertz CT molecular complexity index is 751. The zero-order valence-corrected chi connectivity index (χ0v) is 13.9. The Morgan fingerprint density at radius 3 is 2.65 bits per heavy atom. The molecule has 1 atom stereocenters. The van der Waals surface area contributed by atoms with Gasteiger partial charge in [0.15, 0.2) is 11.5 Å². The molecule has 7 nitrogen and oxygen atoms in total. The molecular weight excluding hydrogens is 343 g/mol. The van der Waals surface area contributed by atoms with Gasteiger partial charge in [0.25, 0.3) is 0 Å². The number of hydrogen-bond donors (Lipinski definition) is 2. The first-order valence-electron chi connectivity index (χ1n) is 6.98. The summed E-state index contributed by atoms with van der Waals surface area (Å²) in [6, 6.07) is 5.30. The average Bonchev–Trinajstić information content (AvgIpc) is 3.05. The van der Waals surface area contributed by atoms with Crippen molar-refractivity contribution in [2.45, 2.75) is 19.6 Å². The third-order valence-corrected chi connectivity index (χ3v) is 5.09. The summed E-state index contributed by atoms with van der Waals surface area (Å²) in [5.74, 6) is 0.685. The van der Waals surface area contributed by atoms with Crippen molar-refractivity contribution >= 4 is 35.0 Å². The molecule has 23 heavy (non-hydrogen) atoms. The third-order valence-electron chi connectivity index (χ3n) is 3.25. The fourth-order valence-corrected chi connectivity index (χ4v) is 3.43. The van der Waals surface area contributed by atoms with Gasteiger partial charge in [0, 0.05) is 17.2 Å². The highest BCUT2D eigenvalue weighted by atomic mass is 32.1. The van der Waals surface area contributed by atoms with Crippen LogP contribution in [0.2, 0.25) is 0 Å². The van der Waals surface area contributed by atoms with Crippen LogP contribution in [0.3, 0.4) is 0 Å². The third kappa shape index (κ3) is 3.67. The molecule has 0 fully saturated rings. The summed E-state index contributed by atoms with van der Waals surface area (Å²) in [5, 5.41) is 0.830. The second-order valence-corrected chi connectivity index (χ2v) is 7.91. The van der Waals surface area contributed by atoms with E-state index < -0.39 is 19.7 Å². The van der Waals surface area contributed by atoms with Crippen LogP contribution in [0, 0.1) is 0 Å². The molecule has 0 radical (unpaired) electrons. The monoisotopic (exact) mass is 358 g/mol. The number of fused-ring (bicyclic) bond motifs is 2. The second-order valence-electron chi connectivity index (χ2n) is 5.05. The quantitative estimate of drug-likeness (QED) is 0.626. The zero-order chi connectivity index (χ0) is 16.6. The van der Waals surface area contributed by atoms with Gasteiger partial charge in [-0.2, -0.15) is 0 Å². The van der Waals surface area contributed by atoms with Crippen molar-refractivity contribution in [3.05, 3.63) is 23.1 Å². The fraction of sp³-hybridized carbons (Fsp3) is 0.357. The smallest absolute Gasteiger partial charge is 0.348 e. The van der Waals surface area contributed by atoms with E-state index >= 15 is 0 Å². The second kappa shape index (κ2) is 6.13. The van der Waals surface area contributed by atoms with E-state index in [1.165, 1.54) is 11.3 Å². The molecule has 9 heteroatoms. The number of thiophene rings is 1. The molecule has 124 valence electrons. The van der Waals surface area contributed by atoms with Crippen molar-refractivity contribution < 1.29 is 33.4 Å². The van der Waals surface area contributed by atoms with Gasteiger partial charge >= 0.3 is 13.6 Å². The summed E-state index contributed by atoms with van der Waals surface area (Å²) in [5.41, 5.74) is 0. The summed E-state index contributed by atoms with van der Waals surface area (Å²) >= 11 is 1.23. The summed E-state index contributed by atoms with van der Waals surface area (Å²) in [4.78, 5) is 29.8. The van der Waals surface area contributed by atoms with E-state index in [0.717, 1.165) is 16.5 Å². The fourth-order valence-electron chi connectivity index (χ4n) is 2.13. The molecule has 0 saturated carbocycles. The van der Waals surface area contributed by atoms with Crippen LogP contribution in [0.25, 0.3) is 10.1 Å². The molecular formula is C14H15O7PS. The average molecular weight is 358 g/mol. The standard InChI is InChI=1S/C14H15O7PS/c1-2-13-20-9-5-8-6-12(23-11(8)7-10(9)21-13)14(15)19-3-4-22(16,17)18/h5-7,13H,2-4H2,1H3,(H2,16,17,18). The van der Waals surface area contributed by atoms with Gasteiger partial charge in [-0.25, -0.2) is 4.79 Å². The first-order chi connectivity index (χ1) is 10.9. The maximum absolute atomic E-state index is 11.9. The van der Waals surface area contributed by atoms with Gasteiger partial charge < -0.3 is 24.0 Å². The van der Waals surface area contributed by atoms with E-state index in [-0.39, 0.29) is 12.9 Å². The van der Waals surface area contributed by atoms with Crippen molar-refractivity contribution in [2.75, 3.05) is 12.8 Å². The van der Waals surface area contributed by atoms with Gasteiger partial charge in [0.1, 0.15) is 11.5 Å². The predicted molar refractivity (Wildman–Crippen MR) is 84.4 cm³/mol.